The van der Waals surface area contributed by atoms with Crippen molar-refractivity contribution < 1.29 is 9.90 Å². The number of hydrogen-bond donors (Lipinski definition) is 2. The molecule has 0 bridgehead atoms. The summed E-state index contributed by atoms with van der Waals surface area (Å²) < 4.78 is 0. The van der Waals surface area contributed by atoms with Crippen LogP contribution in [-0.4, -0.2) is 40.1 Å². The third kappa shape index (κ3) is 3.57. The number of aliphatic carboxylic acids is 1. The number of nitriles is 1. The molecule has 3 N–H and O–H groups in total. The number of aromatic nitrogens is 3. The van der Waals surface area contributed by atoms with Crippen LogP contribution in [0.25, 0.3) is 11.1 Å². The van der Waals surface area contributed by atoms with Crippen LogP contribution in [0.3, 0.4) is 0 Å². The van der Waals surface area contributed by atoms with E-state index < -0.39 is 5.97 Å². The van der Waals surface area contributed by atoms with Gasteiger partial charge in [0.2, 0.25) is 5.95 Å². The fraction of sp³-hybridized carbons (Fsp3) is 0.312. The molecular formula is C16H18N6O2. The molecule has 1 unspecified atom stereocenters. The maximum absolute atomic E-state index is 10.9. The number of carboxylic acids is 1. The Morgan fingerprint density at radius 1 is 1.42 bits per heavy atom. The van der Waals surface area contributed by atoms with E-state index in [4.69, 9.17) is 10.8 Å². The van der Waals surface area contributed by atoms with Crippen LogP contribution in [0.15, 0.2) is 18.5 Å². The molecule has 0 aliphatic heterocycles. The smallest absolute Gasteiger partial charge is 0.304 e. The Kier molecular flexibility index (Phi) is 4.94. The topological polar surface area (TPSA) is 129 Å². The van der Waals surface area contributed by atoms with Gasteiger partial charge in [0, 0.05) is 49.2 Å². The standard InChI is InChI=1S/C16H18N6O2/c1-9(4-14(23)24)13-5-11(12(6-17)15(18)21-13)10-7-19-16(20-8-10)22(2)3/h5,7-9H,4H2,1-3H3,(H2,18,21)(H,23,24). The van der Waals surface area contributed by atoms with Crippen molar-refractivity contribution in [2.75, 3.05) is 24.7 Å². The molecule has 0 radical (unpaired) electrons. The summed E-state index contributed by atoms with van der Waals surface area (Å²) in [5, 5.41) is 18.3. The molecule has 0 saturated carbocycles. The SMILES string of the molecule is CC(CC(=O)O)c1cc(-c2cnc(N(C)C)nc2)c(C#N)c(N)n1. The van der Waals surface area contributed by atoms with Gasteiger partial charge in [0.05, 0.1) is 6.42 Å². The van der Waals surface area contributed by atoms with Crippen molar-refractivity contribution in [3.05, 3.63) is 29.7 Å². The van der Waals surface area contributed by atoms with Crippen molar-refractivity contribution in [1.82, 2.24) is 15.0 Å². The second kappa shape index (κ2) is 6.91. The maximum Gasteiger partial charge on any atom is 0.304 e. The van der Waals surface area contributed by atoms with Crippen molar-refractivity contribution >= 4 is 17.7 Å². The first-order valence-corrected chi connectivity index (χ1v) is 7.25. The summed E-state index contributed by atoms with van der Waals surface area (Å²) >= 11 is 0. The highest BCUT2D eigenvalue weighted by Gasteiger charge is 2.18. The van der Waals surface area contributed by atoms with E-state index in [1.165, 1.54) is 0 Å². The summed E-state index contributed by atoms with van der Waals surface area (Å²) in [4.78, 5) is 25.3. The van der Waals surface area contributed by atoms with Gasteiger partial charge in [-0.25, -0.2) is 15.0 Å². The van der Waals surface area contributed by atoms with Gasteiger partial charge >= 0.3 is 5.97 Å². The van der Waals surface area contributed by atoms with Gasteiger partial charge in [-0.2, -0.15) is 5.26 Å². The zero-order chi connectivity index (χ0) is 17.9. The Hall–Kier alpha value is -3.21. The van der Waals surface area contributed by atoms with Crippen LogP contribution in [-0.2, 0) is 4.79 Å². The summed E-state index contributed by atoms with van der Waals surface area (Å²) in [7, 11) is 3.65. The largest absolute Gasteiger partial charge is 0.481 e. The number of pyridine rings is 1. The summed E-state index contributed by atoms with van der Waals surface area (Å²) in [5.74, 6) is -0.650. The highest BCUT2D eigenvalue weighted by atomic mass is 16.4. The summed E-state index contributed by atoms with van der Waals surface area (Å²) in [6.45, 7) is 1.75. The lowest BCUT2D eigenvalue weighted by Crippen LogP contribution is -2.12. The summed E-state index contributed by atoms with van der Waals surface area (Å²) in [6, 6.07) is 3.71. The van der Waals surface area contributed by atoms with Gasteiger partial charge in [-0.3, -0.25) is 4.79 Å². The normalized spacial score (nSPS) is 11.6. The van der Waals surface area contributed by atoms with Crippen molar-refractivity contribution in [3.8, 4) is 17.2 Å². The molecule has 8 nitrogen and oxygen atoms in total. The van der Waals surface area contributed by atoms with Crippen LogP contribution < -0.4 is 10.6 Å². The molecule has 8 heteroatoms. The quantitative estimate of drug-likeness (QED) is 0.848. The Morgan fingerprint density at radius 3 is 2.54 bits per heavy atom. The third-order valence-corrected chi connectivity index (χ3v) is 3.51. The molecule has 0 aliphatic rings. The van der Waals surface area contributed by atoms with Gasteiger partial charge < -0.3 is 15.7 Å². The molecule has 24 heavy (non-hydrogen) atoms. The van der Waals surface area contributed by atoms with E-state index in [2.05, 4.69) is 15.0 Å². The molecule has 2 rings (SSSR count). The molecule has 0 fully saturated rings. The van der Waals surface area contributed by atoms with E-state index in [1.807, 2.05) is 20.2 Å². The zero-order valence-electron chi connectivity index (χ0n) is 13.7. The number of nitrogen functional groups attached to an aromatic ring is 1. The van der Waals surface area contributed by atoms with Crippen LogP contribution in [0.5, 0.6) is 0 Å². The number of carboxylic acid groups (broad SMARTS) is 1. The maximum atomic E-state index is 10.9. The first-order valence-electron chi connectivity index (χ1n) is 7.25. The van der Waals surface area contributed by atoms with Crippen LogP contribution >= 0.6 is 0 Å². The third-order valence-electron chi connectivity index (χ3n) is 3.51. The van der Waals surface area contributed by atoms with Gasteiger partial charge in [-0.05, 0) is 6.07 Å². The van der Waals surface area contributed by atoms with Gasteiger partial charge in [-0.15, -0.1) is 0 Å². The Bertz CT molecular complexity index is 795. The minimum Gasteiger partial charge on any atom is -0.481 e. The summed E-state index contributed by atoms with van der Waals surface area (Å²) in [5.41, 5.74) is 7.79. The van der Waals surface area contributed by atoms with Gasteiger partial charge in [-0.1, -0.05) is 6.92 Å². The number of rotatable bonds is 5. The number of carbonyl (C=O) groups is 1. The Morgan fingerprint density at radius 2 is 2.04 bits per heavy atom. The fourth-order valence-electron chi connectivity index (χ4n) is 2.24. The van der Waals surface area contributed by atoms with E-state index in [9.17, 15) is 10.1 Å². The van der Waals surface area contributed by atoms with E-state index in [-0.39, 0.29) is 23.7 Å². The molecule has 0 aliphatic carbocycles. The highest BCUT2D eigenvalue weighted by Crippen LogP contribution is 2.30. The molecule has 2 aromatic heterocycles. The minimum absolute atomic E-state index is 0.0684. The number of hydrogen-bond acceptors (Lipinski definition) is 7. The van der Waals surface area contributed by atoms with Crippen molar-refractivity contribution in [2.45, 2.75) is 19.3 Å². The predicted molar refractivity (Wildman–Crippen MR) is 89.4 cm³/mol. The first-order chi connectivity index (χ1) is 11.3. The molecule has 0 spiro atoms. The van der Waals surface area contributed by atoms with Gasteiger partial charge in [0.25, 0.3) is 0 Å². The average Bonchev–Trinajstić information content (AvgIpc) is 2.53. The first kappa shape index (κ1) is 17.1. The molecule has 0 aromatic carbocycles. The van der Waals surface area contributed by atoms with E-state index in [0.717, 1.165) is 0 Å². The lowest BCUT2D eigenvalue weighted by molar-refractivity contribution is -0.137. The number of nitrogens with two attached hydrogens (primary N) is 1. The van der Waals surface area contributed by atoms with Crippen molar-refractivity contribution in [3.63, 3.8) is 0 Å². The monoisotopic (exact) mass is 326 g/mol. The van der Waals surface area contributed by atoms with E-state index in [1.54, 1.807) is 30.3 Å². The van der Waals surface area contributed by atoms with E-state index in [0.29, 0.717) is 22.8 Å². The predicted octanol–water partition coefficient (Wildman–Crippen LogP) is 1.64. The molecule has 0 amide bonds. The van der Waals surface area contributed by atoms with Crippen LogP contribution in [0, 0.1) is 11.3 Å². The van der Waals surface area contributed by atoms with E-state index >= 15 is 0 Å². The van der Waals surface area contributed by atoms with Gasteiger partial charge in [0.1, 0.15) is 17.5 Å². The fourth-order valence-corrected chi connectivity index (χ4v) is 2.24. The lowest BCUT2D eigenvalue weighted by atomic mass is 9.97. The van der Waals surface area contributed by atoms with Crippen molar-refractivity contribution in [2.24, 2.45) is 0 Å². The zero-order valence-corrected chi connectivity index (χ0v) is 13.7. The highest BCUT2D eigenvalue weighted by molar-refractivity contribution is 5.75. The molecule has 1 atom stereocenters. The molecular weight excluding hydrogens is 308 g/mol. The second-order valence-corrected chi connectivity index (χ2v) is 5.63. The molecule has 0 saturated heterocycles. The van der Waals surface area contributed by atoms with Gasteiger partial charge in [0.15, 0.2) is 0 Å². The van der Waals surface area contributed by atoms with Crippen LogP contribution in [0.2, 0.25) is 0 Å². The minimum atomic E-state index is -0.924. The molecule has 2 heterocycles. The van der Waals surface area contributed by atoms with Crippen LogP contribution in [0.1, 0.15) is 30.5 Å². The number of nitrogens with zero attached hydrogens (tertiary/aromatic N) is 5. The average molecular weight is 326 g/mol. The Labute approximate surface area is 139 Å². The molecule has 124 valence electrons. The Balaban J connectivity index is 2.53. The van der Waals surface area contributed by atoms with Crippen LogP contribution in [0.4, 0.5) is 11.8 Å². The number of anilines is 2. The van der Waals surface area contributed by atoms with Crippen molar-refractivity contribution in [1.29, 1.82) is 5.26 Å². The summed E-state index contributed by atoms with van der Waals surface area (Å²) in [6.07, 6.45) is 3.13. The lowest BCUT2D eigenvalue weighted by Gasteiger charge is -2.14. The molecule has 2 aromatic rings. The second-order valence-electron chi connectivity index (χ2n) is 5.63.